The minimum atomic E-state index is -4.57. The number of benzene rings is 2. The Labute approximate surface area is 203 Å². The van der Waals surface area contributed by atoms with Gasteiger partial charge in [0.1, 0.15) is 11.5 Å². The second-order valence-corrected chi connectivity index (χ2v) is 8.65. The summed E-state index contributed by atoms with van der Waals surface area (Å²) in [5.74, 6) is -0.698. The molecule has 0 fully saturated rings. The molecule has 0 unspecified atom stereocenters. The van der Waals surface area contributed by atoms with Crippen molar-refractivity contribution in [1.82, 2.24) is 19.1 Å². The van der Waals surface area contributed by atoms with Gasteiger partial charge in [0.15, 0.2) is 11.7 Å². The average Bonchev–Trinajstić information content (AvgIpc) is 3.39. The summed E-state index contributed by atoms with van der Waals surface area (Å²) in [7, 11) is 1.68. The van der Waals surface area contributed by atoms with Crippen molar-refractivity contribution in [2.24, 2.45) is 7.05 Å². The van der Waals surface area contributed by atoms with Gasteiger partial charge in [-0.05, 0) is 24.6 Å². The molecule has 1 aliphatic heterocycles. The van der Waals surface area contributed by atoms with Crippen molar-refractivity contribution in [3.8, 4) is 5.69 Å². The lowest BCUT2D eigenvalue weighted by molar-refractivity contribution is -0.173. The summed E-state index contributed by atoms with van der Waals surface area (Å²) in [6, 6.07) is 16.5. The molecule has 5 rings (SSSR count). The smallest absolute Gasteiger partial charge is 0.363 e. The number of para-hydroxylation sites is 1. The van der Waals surface area contributed by atoms with Crippen molar-refractivity contribution >= 4 is 17.4 Å². The van der Waals surface area contributed by atoms with Crippen LogP contribution in [-0.4, -0.2) is 31.2 Å². The lowest BCUT2D eigenvalue weighted by atomic mass is 9.97. The first kappa shape index (κ1) is 23.5. The van der Waals surface area contributed by atoms with Gasteiger partial charge in [0.2, 0.25) is 0 Å². The summed E-state index contributed by atoms with van der Waals surface area (Å²) in [6.45, 7) is 1.67. The highest BCUT2D eigenvalue weighted by molar-refractivity contribution is 6.03. The summed E-state index contributed by atoms with van der Waals surface area (Å²) in [5, 5.41) is 9.59. The monoisotopic (exact) mass is 496 g/mol. The van der Waals surface area contributed by atoms with Crippen LogP contribution in [0.25, 0.3) is 5.69 Å². The number of rotatable bonds is 4. The van der Waals surface area contributed by atoms with E-state index in [2.05, 4.69) is 15.7 Å². The number of nitrogens with zero attached hydrogens (tertiary/aromatic N) is 4. The molecule has 0 bridgehead atoms. The number of carbonyl (C=O) groups excluding carboxylic acids is 1. The number of halogens is 3. The number of hydrogen-bond donors (Lipinski definition) is 2. The first-order chi connectivity index (χ1) is 17.1. The molecule has 0 aliphatic carbocycles. The maximum absolute atomic E-state index is 13.9. The van der Waals surface area contributed by atoms with Crippen LogP contribution in [0.4, 0.5) is 24.7 Å². The molecule has 0 saturated carbocycles. The van der Waals surface area contributed by atoms with Crippen LogP contribution in [0.15, 0.2) is 71.5 Å². The van der Waals surface area contributed by atoms with E-state index in [9.17, 15) is 22.8 Å². The first-order valence-electron chi connectivity index (χ1n) is 11.3. The zero-order valence-electron chi connectivity index (χ0n) is 19.5. The molecular weight excluding hydrogens is 473 g/mol. The van der Waals surface area contributed by atoms with E-state index in [1.165, 1.54) is 10.7 Å². The van der Waals surface area contributed by atoms with E-state index in [0.29, 0.717) is 16.9 Å². The fourth-order valence-corrected chi connectivity index (χ4v) is 4.48. The highest BCUT2D eigenvalue weighted by Crippen LogP contribution is 2.43. The van der Waals surface area contributed by atoms with Gasteiger partial charge >= 0.3 is 6.18 Å². The third-order valence-electron chi connectivity index (χ3n) is 6.42. The molecule has 2 N–H and O–H groups in total. The van der Waals surface area contributed by atoms with E-state index in [1.54, 1.807) is 73.3 Å². The van der Waals surface area contributed by atoms with Crippen LogP contribution < -0.4 is 16.2 Å². The van der Waals surface area contributed by atoms with E-state index in [4.69, 9.17) is 0 Å². The van der Waals surface area contributed by atoms with Gasteiger partial charge in [0.25, 0.3) is 11.5 Å². The van der Waals surface area contributed by atoms with Crippen LogP contribution in [0.1, 0.15) is 40.3 Å². The Morgan fingerprint density at radius 2 is 1.72 bits per heavy atom. The molecule has 4 aromatic rings. The summed E-state index contributed by atoms with van der Waals surface area (Å²) >= 11 is 0. The number of hydrogen-bond acceptors (Lipinski definition) is 4. The highest BCUT2D eigenvalue weighted by atomic mass is 19.4. The quantitative estimate of drug-likeness (QED) is 0.433. The number of fused-ring (bicyclic) bond motifs is 1. The van der Waals surface area contributed by atoms with Gasteiger partial charge in [-0.3, -0.25) is 14.3 Å². The fourth-order valence-electron chi connectivity index (χ4n) is 4.48. The number of amides is 1. The third-order valence-corrected chi connectivity index (χ3v) is 6.42. The van der Waals surface area contributed by atoms with Gasteiger partial charge in [-0.15, -0.1) is 0 Å². The number of nitrogens with one attached hydrogen (secondary N) is 2. The summed E-state index contributed by atoms with van der Waals surface area (Å²) in [4.78, 5) is 26.1. The molecule has 2 aromatic carbocycles. The molecule has 0 radical (unpaired) electrons. The van der Waals surface area contributed by atoms with Crippen molar-refractivity contribution in [3.63, 3.8) is 0 Å². The fraction of sp³-hybridized carbons (Fsp3) is 0.240. The molecule has 3 heterocycles. The lowest BCUT2D eigenvalue weighted by Crippen LogP contribution is -2.35. The molecule has 36 heavy (non-hydrogen) atoms. The summed E-state index contributed by atoms with van der Waals surface area (Å²) in [6.07, 6.45) is -4.84. The summed E-state index contributed by atoms with van der Waals surface area (Å²) in [5.41, 5.74) is 1.13. The first-order valence-corrected chi connectivity index (χ1v) is 11.3. The predicted octanol–water partition coefficient (Wildman–Crippen LogP) is 4.59. The van der Waals surface area contributed by atoms with Gasteiger partial charge in [0.05, 0.1) is 17.4 Å². The molecule has 2 aromatic heterocycles. The normalized spacial score (nSPS) is 17.4. The van der Waals surface area contributed by atoms with Crippen molar-refractivity contribution < 1.29 is 18.0 Å². The third kappa shape index (κ3) is 4.06. The van der Waals surface area contributed by atoms with Crippen molar-refractivity contribution in [3.05, 3.63) is 94.0 Å². The van der Waals surface area contributed by atoms with E-state index in [1.807, 2.05) is 6.07 Å². The molecule has 0 saturated heterocycles. The molecule has 8 nitrogen and oxygen atoms in total. The highest BCUT2D eigenvalue weighted by Gasteiger charge is 2.46. The SMILES string of the molecule is Cc1c(NC(=O)c2cc3n(n2)[C@@H](C(F)(F)F)C[C@H](c2ccccc2)N3)c(=O)n(-c2ccccc2)n1C. The minimum Gasteiger partial charge on any atom is -0.363 e. The second kappa shape index (κ2) is 8.74. The Bertz CT molecular complexity index is 1470. The number of carbonyl (C=O) groups is 1. The van der Waals surface area contributed by atoms with E-state index in [-0.39, 0.29) is 23.6 Å². The van der Waals surface area contributed by atoms with Crippen LogP contribution in [0.3, 0.4) is 0 Å². The Balaban J connectivity index is 1.47. The number of aromatic nitrogens is 4. The van der Waals surface area contributed by atoms with Crippen LogP contribution in [-0.2, 0) is 7.05 Å². The van der Waals surface area contributed by atoms with Crippen LogP contribution >= 0.6 is 0 Å². The van der Waals surface area contributed by atoms with E-state index >= 15 is 0 Å². The summed E-state index contributed by atoms with van der Waals surface area (Å²) < 4.78 is 45.6. The van der Waals surface area contributed by atoms with Crippen LogP contribution in [0.5, 0.6) is 0 Å². The van der Waals surface area contributed by atoms with Crippen molar-refractivity contribution in [2.45, 2.75) is 31.6 Å². The van der Waals surface area contributed by atoms with Gasteiger partial charge in [-0.25, -0.2) is 9.36 Å². The zero-order chi connectivity index (χ0) is 25.6. The molecule has 2 atom stereocenters. The standard InChI is InChI=1S/C25H23F3N6O2/c1-15-22(24(36)34(32(15)2)17-11-7-4-8-12-17)30-23(35)19-14-21-29-18(16-9-5-3-6-10-16)13-20(25(26,27)28)33(21)31-19/h3-12,14,18,20,29H,13H2,1-2H3,(H,30,35)/t18-,20-/m1/s1. The van der Waals surface area contributed by atoms with Crippen molar-refractivity contribution in [1.29, 1.82) is 0 Å². The second-order valence-electron chi connectivity index (χ2n) is 8.65. The minimum absolute atomic E-state index is 0.0276. The molecule has 0 spiro atoms. The van der Waals surface area contributed by atoms with Gasteiger partial charge in [-0.1, -0.05) is 48.5 Å². The molecule has 11 heteroatoms. The topological polar surface area (TPSA) is 85.9 Å². The Morgan fingerprint density at radius 3 is 2.36 bits per heavy atom. The van der Waals surface area contributed by atoms with Crippen LogP contribution in [0, 0.1) is 6.92 Å². The number of anilines is 2. The Morgan fingerprint density at radius 1 is 1.08 bits per heavy atom. The Hall–Kier alpha value is -4.28. The van der Waals surface area contributed by atoms with Crippen molar-refractivity contribution in [2.75, 3.05) is 10.6 Å². The molecule has 1 amide bonds. The average molecular weight is 496 g/mol. The zero-order valence-corrected chi connectivity index (χ0v) is 19.5. The van der Waals surface area contributed by atoms with Gasteiger partial charge < -0.3 is 10.6 Å². The lowest BCUT2D eigenvalue weighted by Gasteiger charge is -2.33. The Kier molecular flexibility index (Phi) is 5.70. The van der Waals surface area contributed by atoms with Gasteiger partial charge in [-0.2, -0.15) is 18.3 Å². The largest absolute Gasteiger partial charge is 0.410 e. The molecular formula is C25H23F3N6O2. The number of alkyl halides is 3. The molecule has 186 valence electrons. The van der Waals surface area contributed by atoms with E-state index in [0.717, 1.165) is 4.68 Å². The predicted molar refractivity (Wildman–Crippen MR) is 128 cm³/mol. The maximum atomic E-state index is 13.9. The molecule has 1 aliphatic rings. The van der Waals surface area contributed by atoms with Gasteiger partial charge in [0, 0.05) is 19.5 Å². The van der Waals surface area contributed by atoms with Crippen LogP contribution in [0.2, 0.25) is 0 Å². The van der Waals surface area contributed by atoms with E-state index < -0.39 is 29.7 Å². The maximum Gasteiger partial charge on any atom is 0.410 e.